The molecule has 0 spiro atoms. The molecule has 0 fully saturated rings. The second-order valence-electron chi connectivity index (χ2n) is 10.5. The summed E-state index contributed by atoms with van der Waals surface area (Å²) >= 11 is 0. The molecule has 9 nitrogen and oxygen atoms in total. The van der Waals surface area contributed by atoms with Gasteiger partial charge in [-0.1, -0.05) is 6.07 Å². The Hall–Kier alpha value is -3.56. The van der Waals surface area contributed by atoms with E-state index in [2.05, 4.69) is 9.72 Å². The molecule has 0 aliphatic carbocycles. The van der Waals surface area contributed by atoms with Crippen LogP contribution in [0.2, 0.25) is 0 Å². The number of hydrogen-bond acceptors (Lipinski definition) is 7. The average molecular weight is 613 g/mol. The van der Waals surface area contributed by atoms with Crippen LogP contribution in [0.5, 0.6) is 5.75 Å². The summed E-state index contributed by atoms with van der Waals surface area (Å²) in [5, 5.41) is 9.51. The van der Waals surface area contributed by atoms with Gasteiger partial charge in [-0.25, -0.2) is 8.42 Å². The standard InChI is InChI=1S/C25H26F6N2O7S/c1-22(2,21(35)36)10-16-13-33(41(37,38)17-9-15(11-32-12-17)24(26,27)28)18-7-14(5-6-19(18)39-16)8-20(34)40-23(3,4)25(29,30)31/h5-7,9,11-12,16H,8,10,13H2,1-4H3,(H,35,36)/t16-/m0/s1. The van der Waals surface area contributed by atoms with Crippen molar-refractivity contribution in [3.63, 3.8) is 0 Å². The molecule has 2 heterocycles. The highest BCUT2D eigenvalue weighted by atomic mass is 32.2. The van der Waals surface area contributed by atoms with Gasteiger partial charge in [-0.2, -0.15) is 26.3 Å². The van der Waals surface area contributed by atoms with Gasteiger partial charge >= 0.3 is 24.3 Å². The largest absolute Gasteiger partial charge is 0.486 e. The Morgan fingerprint density at radius 3 is 2.27 bits per heavy atom. The first-order valence-electron chi connectivity index (χ1n) is 11.9. The number of ether oxygens (including phenoxy) is 2. The first-order chi connectivity index (χ1) is 18.5. The number of carboxylic acid groups (broad SMARTS) is 1. The number of pyridine rings is 1. The number of carbonyl (C=O) groups excluding carboxylic acids is 1. The zero-order valence-electron chi connectivity index (χ0n) is 22.1. The van der Waals surface area contributed by atoms with Gasteiger partial charge in [0.15, 0.2) is 0 Å². The van der Waals surface area contributed by atoms with Crippen LogP contribution in [0.15, 0.2) is 41.6 Å². The highest BCUT2D eigenvalue weighted by molar-refractivity contribution is 7.92. The number of fused-ring (bicyclic) bond motifs is 1. The van der Waals surface area contributed by atoms with Crippen LogP contribution < -0.4 is 9.04 Å². The topological polar surface area (TPSA) is 123 Å². The molecule has 0 saturated carbocycles. The van der Waals surface area contributed by atoms with Crippen molar-refractivity contribution in [2.75, 3.05) is 10.8 Å². The molecule has 1 aliphatic rings. The molecule has 2 aromatic rings. The minimum Gasteiger partial charge on any atom is -0.486 e. The van der Waals surface area contributed by atoms with Crippen LogP contribution in [0, 0.1) is 5.41 Å². The van der Waals surface area contributed by atoms with Crippen LogP contribution in [0.4, 0.5) is 32.0 Å². The Balaban J connectivity index is 2.05. The fourth-order valence-electron chi connectivity index (χ4n) is 3.85. The van der Waals surface area contributed by atoms with E-state index in [4.69, 9.17) is 4.74 Å². The number of alkyl halides is 6. The minimum atomic E-state index is -4.91. The molecular formula is C25H26F6N2O7S. The first kappa shape index (κ1) is 32.0. The quantitative estimate of drug-likeness (QED) is 0.327. The lowest BCUT2D eigenvalue weighted by Gasteiger charge is -2.37. The van der Waals surface area contributed by atoms with Crippen LogP contribution >= 0.6 is 0 Å². The summed E-state index contributed by atoms with van der Waals surface area (Å²) in [6, 6.07) is 3.99. The van der Waals surface area contributed by atoms with Crippen molar-refractivity contribution in [1.29, 1.82) is 0 Å². The average Bonchev–Trinajstić information content (AvgIpc) is 2.81. The Morgan fingerprint density at radius 2 is 1.71 bits per heavy atom. The van der Waals surface area contributed by atoms with Crippen molar-refractivity contribution in [2.24, 2.45) is 5.41 Å². The van der Waals surface area contributed by atoms with E-state index in [1.165, 1.54) is 26.0 Å². The number of carbonyl (C=O) groups is 2. The van der Waals surface area contributed by atoms with Crippen LogP contribution in [-0.2, 0) is 36.9 Å². The van der Waals surface area contributed by atoms with E-state index in [-0.39, 0.29) is 23.4 Å². The molecular weight excluding hydrogens is 586 g/mol. The zero-order valence-corrected chi connectivity index (χ0v) is 22.9. The number of halogens is 6. The molecule has 1 N–H and O–H groups in total. The fraction of sp³-hybridized carbons (Fsp3) is 0.480. The summed E-state index contributed by atoms with van der Waals surface area (Å²) in [5.41, 5.74) is -5.74. The third-order valence-electron chi connectivity index (χ3n) is 6.30. The molecule has 0 radical (unpaired) electrons. The first-order valence-corrected chi connectivity index (χ1v) is 13.4. The van der Waals surface area contributed by atoms with Crippen LogP contribution in [0.25, 0.3) is 0 Å². The highest BCUT2D eigenvalue weighted by Gasteiger charge is 2.51. The van der Waals surface area contributed by atoms with E-state index in [1.807, 2.05) is 0 Å². The van der Waals surface area contributed by atoms with Gasteiger partial charge in [0.25, 0.3) is 10.0 Å². The third kappa shape index (κ3) is 7.02. The van der Waals surface area contributed by atoms with Gasteiger partial charge < -0.3 is 14.6 Å². The molecule has 41 heavy (non-hydrogen) atoms. The van der Waals surface area contributed by atoms with E-state index >= 15 is 0 Å². The summed E-state index contributed by atoms with van der Waals surface area (Å²) in [6.07, 6.45) is -10.6. The van der Waals surface area contributed by atoms with Gasteiger partial charge in [0.05, 0.1) is 29.6 Å². The molecule has 1 aromatic heterocycles. The number of aromatic nitrogens is 1. The number of sulfonamides is 1. The molecule has 3 rings (SSSR count). The Morgan fingerprint density at radius 1 is 1.07 bits per heavy atom. The molecule has 0 unspecified atom stereocenters. The summed E-state index contributed by atoms with van der Waals surface area (Å²) in [5.74, 6) is -2.60. The van der Waals surface area contributed by atoms with Gasteiger partial charge in [-0.3, -0.25) is 18.9 Å². The minimum absolute atomic E-state index is 0.0157. The molecule has 1 atom stereocenters. The van der Waals surface area contributed by atoms with Gasteiger partial charge in [-0.15, -0.1) is 0 Å². The molecule has 16 heteroatoms. The summed E-state index contributed by atoms with van der Waals surface area (Å²) in [7, 11) is -4.78. The van der Waals surface area contributed by atoms with Crippen molar-refractivity contribution in [1.82, 2.24) is 4.98 Å². The van der Waals surface area contributed by atoms with Crippen LogP contribution in [0.3, 0.4) is 0 Å². The number of carboxylic acids is 1. The van der Waals surface area contributed by atoms with Crippen LogP contribution in [0.1, 0.15) is 45.2 Å². The monoisotopic (exact) mass is 612 g/mol. The second kappa shape index (κ2) is 10.7. The van der Waals surface area contributed by atoms with E-state index in [0.717, 1.165) is 6.07 Å². The predicted octanol–water partition coefficient (Wildman–Crippen LogP) is 4.98. The maximum Gasteiger partial charge on any atom is 0.427 e. The molecule has 1 aliphatic heterocycles. The number of benzene rings is 1. The summed E-state index contributed by atoms with van der Waals surface area (Å²) in [6.45, 7) is 3.53. The number of aliphatic carboxylic acids is 1. The van der Waals surface area contributed by atoms with Gasteiger partial charge in [0.1, 0.15) is 16.7 Å². The fourth-order valence-corrected chi connectivity index (χ4v) is 5.33. The molecule has 0 saturated heterocycles. The number of hydrogen-bond donors (Lipinski definition) is 1. The lowest BCUT2D eigenvalue weighted by Crippen LogP contribution is -2.46. The van der Waals surface area contributed by atoms with Gasteiger partial charge in [0.2, 0.25) is 5.60 Å². The molecule has 1 aromatic carbocycles. The van der Waals surface area contributed by atoms with Crippen molar-refractivity contribution in [2.45, 2.75) is 69.5 Å². The van der Waals surface area contributed by atoms with Gasteiger partial charge in [-0.05, 0) is 51.5 Å². The Labute approximate surface area is 231 Å². The Bertz CT molecular complexity index is 1440. The number of rotatable bonds is 8. The Kier molecular flexibility index (Phi) is 8.33. The van der Waals surface area contributed by atoms with E-state index in [9.17, 15) is 49.5 Å². The lowest BCUT2D eigenvalue weighted by atomic mass is 9.86. The van der Waals surface area contributed by atoms with Crippen molar-refractivity contribution in [3.8, 4) is 5.75 Å². The van der Waals surface area contributed by atoms with Crippen LogP contribution in [-0.4, -0.2) is 54.9 Å². The maximum atomic E-state index is 13.6. The number of esters is 1. The SMILES string of the molecule is CC(C)(C[C@H]1CN(S(=O)(=O)c2cncc(C(F)(F)F)c2)c2cc(CC(=O)OC(C)(C)C(F)(F)F)ccc2O1)C(=O)O. The van der Waals surface area contributed by atoms with E-state index < -0.39 is 74.9 Å². The smallest absolute Gasteiger partial charge is 0.427 e. The summed E-state index contributed by atoms with van der Waals surface area (Å²) < 4.78 is 118. The van der Waals surface area contributed by atoms with E-state index in [0.29, 0.717) is 36.6 Å². The molecule has 226 valence electrons. The number of anilines is 1. The van der Waals surface area contributed by atoms with Crippen molar-refractivity contribution >= 4 is 27.6 Å². The second-order valence-corrected chi connectivity index (χ2v) is 12.4. The normalized spacial score (nSPS) is 16.5. The third-order valence-corrected chi connectivity index (χ3v) is 8.05. The molecule has 0 amide bonds. The van der Waals surface area contributed by atoms with Gasteiger partial charge in [0, 0.05) is 18.8 Å². The van der Waals surface area contributed by atoms with Crippen molar-refractivity contribution in [3.05, 3.63) is 47.8 Å². The summed E-state index contributed by atoms with van der Waals surface area (Å²) in [4.78, 5) is 26.5. The number of nitrogens with zero attached hydrogens (tertiary/aromatic N) is 2. The lowest BCUT2D eigenvalue weighted by molar-refractivity contribution is -0.257. The maximum absolute atomic E-state index is 13.6. The molecule has 0 bridgehead atoms. The van der Waals surface area contributed by atoms with E-state index in [1.54, 1.807) is 0 Å². The predicted molar refractivity (Wildman–Crippen MR) is 131 cm³/mol. The highest BCUT2D eigenvalue weighted by Crippen LogP contribution is 2.41. The zero-order chi connectivity index (χ0) is 31.2. The van der Waals surface area contributed by atoms with Crippen molar-refractivity contribution < 1.29 is 58.9 Å².